The van der Waals surface area contributed by atoms with E-state index in [4.69, 9.17) is 15.7 Å². The molecule has 1 aromatic carbocycles. The lowest BCUT2D eigenvalue weighted by Gasteiger charge is -2.22. The van der Waals surface area contributed by atoms with Crippen LogP contribution in [-0.2, 0) is 4.74 Å². The number of hydrogen-bond acceptors (Lipinski definition) is 4. The van der Waals surface area contributed by atoms with Gasteiger partial charge in [-0.15, -0.1) is 0 Å². The molecule has 0 aliphatic rings. The van der Waals surface area contributed by atoms with Crippen molar-refractivity contribution in [2.45, 2.75) is 6.42 Å². The fraction of sp³-hybridized carbons (Fsp3) is 0.385. The van der Waals surface area contributed by atoms with E-state index in [0.717, 1.165) is 6.07 Å². The van der Waals surface area contributed by atoms with E-state index in [1.807, 2.05) is 6.07 Å². The summed E-state index contributed by atoms with van der Waals surface area (Å²) in [5, 5.41) is 8.63. The first kappa shape index (κ1) is 16.4. The molecule has 2 N–H and O–H groups in total. The Kier molecular flexibility index (Phi) is 6.42. The average molecular weight is 344 g/mol. The maximum atomic E-state index is 13.3. The standard InChI is InChI=1S/C13H15BrFN3O2/c1-20-6-5-18(4-2-3-16)13(19)9-7-12(17)11(15)8-10(9)14/h7-8H,2,4-6,17H2,1H3. The SMILES string of the molecule is COCCN(CCC#N)C(=O)c1cc(N)c(F)cc1Br. The van der Waals surface area contributed by atoms with Crippen LogP contribution < -0.4 is 5.73 Å². The van der Waals surface area contributed by atoms with E-state index in [-0.39, 0.29) is 30.1 Å². The van der Waals surface area contributed by atoms with Crippen LogP contribution in [0, 0.1) is 17.1 Å². The quantitative estimate of drug-likeness (QED) is 0.802. The summed E-state index contributed by atoms with van der Waals surface area (Å²) < 4.78 is 18.6. The predicted octanol–water partition coefficient (Wildman–Crippen LogP) is 2.17. The largest absolute Gasteiger partial charge is 0.396 e. The number of methoxy groups -OCH3 is 1. The van der Waals surface area contributed by atoms with Gasteiger partial charge in [-0.05, 0) is 28.1 Å². The molecular weight excluding hydrogens is 329 g/mol. The Morgan fingerprint density at radius 1 is 1.55 bits per heavy atom. The van der Waals surface area contributed by atoms with Crippen molar-refractivity contribution >= 4 is 27.5 Å². The van der Waals surface area contributed by atoms with Gasteiger partial charge in [0.25, 0.3) is 5.91 Å². The first-order chi connectivity index (χ1) is 9.51. The fourth-order valence-electron chi connectivity index (χ4n) is 1.60. The van der Waals surface area contributed by atoms with Crippen LogP contribution in [0.5, 0.6) is 0 Å². The Balaban J connectivity index is 2.99. The summed E-state index contributed by atoms with van der Waals surface area (Å²) in [6.07, 6.45) is 0.212. The van der Waals surface area contributed by atoms with Crippen molar-refractivity contribution in [1.29, 1.82) is 5.26 Å². The van der Waals surface area contributed by atoms with E-state index in [1.54, 1.807) is 0 Å². The van der Waals surface area contributed by atoms with Crippen molar-refractivity contribution in [1.82, 2.24) is 4.90 Å². The summed E-state index contributed by atoms with van der Waals surface area (Å²) in [5.74, 6) is -0.912. The first-order valence-corrected chi connectivity index (χ1v) is 6.70. The third-order valence-corrected chi connectivity index (χ3v) is 3.32. The molecule has 0 atom stereocenters. The van der Waals surface area contributed by atoms with Gasteiger partial charge in [-0.3, -0.25) is 4.79 Å². The molecule has 1 amide bonds. The van der Waals surface area contributed by atoms with Crippen molar-refractivity contribution in [3.63, 3.8) is 0 Å². The van der Waals surface area contributed by atoms with Crippen LogP contribution in [0.15, 0.2) is 16.6 Å². The predicted molar refractivity (Wildman–Crippen MR) is 76.5 cm³/mol. The van der Waals surface area contributed by atoms with Crippen LogP contribution in [0.4, 0.5) is 10.1 Å². The zero-order valence-electron chi connectivity index (χ0n) is 11.0. The van der Waals surface area contributed by atoms with Crippen LogP contribution in [-0.4, -0.2) is 37.6 Å². The van der Waals surface area contributed by atoms with Crippen molar-refractivity contribution < 1.29 is 13.9 Å². The molecule has 0 spiro atoms. The maximum Gasteiger partial charge on any atom is 0.255 e. The van der Waals surface area contributed by atoms with Crippen LogP contribution in [0.1, 0.15) is 16.8 Å². The molecule has 0 bridgehead atoms. The van der Waals surface area contributed by atoms with Gasteiger partial charge in [0.2, 0.25) is 0 Å². The topological polar surface area (TPSA) is 79.3 Å². The van der Waals surface area contributed by atoms with Gasteiger partial charge in [-0.2, -0.15) is 5.26 Å². The normalized spacial score (nSPS) is 10.1. The minimum atomic E-state index is -0.589. The Hall–Kier alpha value is -1.65. The van der Waals surface area contributed by atoms with Crippen molar-refractivity contribution in [2.24, 2.45) is 0 Å². The molecule has 0 saturated carbocycles. The average Bonchev–Trinajstić information content (AvgIpc) is 2.42. The Labute approximate surface area is 125 Å². The second kappa shape index (κ2) is 7.82. The Morgan fingerprint density at radius 3 is 2.85 bits per heavy atom. The van der Waals surface area contributed by atoms with Gasteiger partial charge in [0, 0.05) is 24.7 Å². The second-order valence-electron chi connectivity index (χ2n) is 4.05. The third-order valence-electron chi connectivity index (χ3n) is 2.66. The van der Waals surface area contributed by atoms with Gasteiger partial charge in [-0.1, -0.05) is 0 Å². The summed E-state index contributed by atoms with van der Waals surface area (Å²) in [7, 11) is 1.53. The molecule has 0 aliphatic heterocycles. The van der Waals surface area contributed by atoms with Gasteiger partial charge >= 0.3 is 0 Å². The Morgan fingerprint density at radius 2 is 2.25 bits per heavy atom. The molecule has 7 heteroatoms. The highest BCUT2D eigenvalue weighted by Gasteiger charge is 2.19. The third kappa shape index (κ3) is 4.18. The number of benzene rings is 1. The van der Waals surface area contributed by atoms with Gasteiger partial charge in [-0.25, -0.2) is 4.39 Å². The monoisotopic (exact) mass is 343 g/mol. The molecule has 20 heavy (non-hydrogen) atoms. The zero-order valence-corrected chi connectivity index (χ0v) is 12.6. The lowest BCUT2D eigenvalue weighted by Crippen LogP contribution is -2.35. The highest BCUT2D eigenvalue weighted by Crippen LogP contribution is 2.24. The summed E-state index contributed by atoms with van der Waals surface area (Å²) in [5.41, 5.74) is 5.65. The summed E-state index contributed by atoms with van der Waals surface area (Å²) in [6, 6.07) is 4.42. The fourth-order valence-corrected chi connectivity index (χ4v) is 2.09. The molecule has 108 valence electrons. The number of nitrogens with two attached hydrogens (primary N) is 1. The number of amides is 1. The zero-order chi connectivity index (χ0) is 15.1. The molecule has 5 nitrogen and oxygen atoms in total. The number of ether oxygens (including phenoxy) is 1. The number of nitriles is 1. The number of nitrogen functional groups attached to an aromatic ring is 1. The van der Waals surface area contributed by atoms with Crippen molar-refractivity contribution in [3.8, 4) is 6.07 Å². The Bertz CT molecular complexity index is 531. The molecule has 0 fully saturated rings. The number of halogens is 2. The number of anilines is 1. The van der Waals surface area contributed by atoms with E-state index in [9.17, 15) is 9.18 Å². The highest BCUT2D eigenvalue weighted by molar-refractivity contribution is 9.10. The van der Waals surface area contributed by atoms with E-state index in [1.165, 1.54) is 18.1 Å². The van der Waals surface area contributed by atoms with Crippen LogP contribution in [0.25, 0.3) is 0 Å². The maximum absolute atomic E-state index is 13.3. The van der Waals surface area contributed by atoms with Crippen LogP contribution in [0.3, 0.4) is 0 Å². The van der Waals surface area contributed by atoms with Gasteiger partial charge in [0.1, 0.15) is 5.82 Å². The van der Waals surface area contributed by atoms with Gasteiger partial charge in [0.15, 0.2) is 0 Å². The van der Waals surface area contributed by atoms with Gasteiger partial charge in [0.05, 0.1) is 30.3 Å². The molecule has 0 radical (unpaired) electrons. The molecule has 0 aliphatic carbocycles. The van der Waals surface area contributed by atoms with Crippen molar-refractivity contribution in [3.05, 3.63) is 28.0 Å². The molecule has 0 saturated heterocycles. The number of hydrogen-bond donors (Lipinski definition) is 1. The molecule has 0 unspecified atom stereocenters. The summed E-state index contributed by atoms with van der Waals surface area (Å²) in [6.45, 7) is 0.981. The minimum absolute atomic E-state index is 0.0940. The molecular formula is C13H15BrFN3O2. The second-order valence-corrected chi connectivity index (χ2v) is 4.90. The smallest absolute Gasteiger partial charge is 0.255 e. The molecule has 1 rings (SSSR count). The number of carbonyl (C=O) groups is 1. The van der Waals surface area contributed by atoms with E-state index in [2.05, 4.69) is 15.9 Å². The lowest BCUT2D eigenvalue weighted by molar-refractivity contribution is 0.0699. The van der Waals surface area contributed by atoms with E-state index < -0.39 is 5.82 Å². The van der Waals surface area contributed by atoms with E-state index >= 15 is 0 Å². The van der Waals surface area contributed by atoms with Crippen LogP contribution in [0.2, 0.25) is 0 Å². The molecule has 1 aromatic rings. The summed E-state index contributed by atoms with van der Waals surface area (Å²) >= 11 is 3.15. The first-order valence-electron chi connectivity index (χ1n) is 5.91. The van der Waals surface area contributed by atoms with E-state index in [0.29, 0.717) is 17.6 Å². The van der Waals surface area contributed by atoms with Gasteiger partial charge < -0.3 is 15.4 Å². The van der Waals surface area contributed by atoms with Crippen molar-refractivity contribution in [2.75, 3.05) is 32.5 Å². The number of rotatable bonds is 6. The highest BCUT2D eigenvalue weighted by atomic mass is 79.9. The number of nitrogens with zero attached hydrogens (tertiary/aromatic N) is 2. The lowest BCUT2D eigenvalue weighted by atomic mass is 10.1. The summed E-state index contributed by atoms with van der Waals surface area (Å²) in [4.78, 5) is 13.9. The van der Waals surface area contributed by atoms with Crippen LogP contribution >= 0.6 is 15.9 Å². The molecule has 0 aromatic heterocycles. The number of carbonyl (C=O) groups excluding carboxylic acids is 1. The minimum Gasteiger partial charge on any atom is -0.396 e. The molecule has 0 heterocycles.